The summed E-state index contributed by atoms with van der Waals surface area (Å²) in [6, 6.07) is 82.0. The van der Waals surface area contributed by atoms with Crippen LogP contribution in [0.15, 0.2) is 239 Å². The largest absolute Gasteiger partial charge is 0.456 e. The van der Waals surface area contributed by atoms with Gasteiger partial charge in [0.2, 0.25) is 5.89 Å². The highest BCUT2D eigenvalue weighted by Crippen LogP contribution is 2.48. The second-order valence-corrected chi connectivity index (χ2v) is 15.9. The topological polar surface area (TPSA) is 42.4 Å². The Morgan fingerprint density at radius 2 is 0.903 bits per heavy atom. The van der Waals surface area contributed by atoms with E-state index in [4.69, 9.17) is 13.8 Å². The molecule has 2 heterocycles. The first-order chi connectivity index (χ1) is 30.7. The second kappa shape index (κ2) is 14.5. The third kappa shape index (κ3) is 5.72. The first-order valence-electron chi connectivity index (χ1n) is 21.0. The molecule has 0 fully saturated rings. The molecule has 0 radical (unpaired) electrons. The Kier molecular flexibility index (Phi) is 8.36. The highest BCUT2D eigenvalue weighted by Gasteiger charge is 2.38. The highest BCUT2D eigenvalue weighted by atomic mass is 16.3. The van der Waals surface area contributed by atoms with Crippen molar-refractivity contribution in [3.05, 3.63) is 253 Å². The minimum Gasteiger partial charge on any atom is -0.456 e. The van der Waals surface area contributed by atoms with Gasteiger partial charge in [0.1, 0.15) is 16.7 Å². The number of hydrogen-bond acceptors (Lipinski definition) is 4. The van der Waals surface area contributed by atoms with Gasteiger partial charge < -0.3 is 13.7 Å². The van der Waals surface area contributed by atoms with Gasteiger partial charge in [-0.05, 0) is 105 Å². The fourth-order valence-electron chi connectivity index (χ4n) is 9.60. The van der Waals surface area contributed by atoms with E-state index < -0.39 is 5.41 Å². The lowest BCUT2D eigenvalue weighted by Gasteiger charge is -2.37. The molecule has 0 N–H and O–H groups in total. The maximum atomic E-state index is 6.67. The number of fused-ring (bicyclic) bond motifs is 8. The van der Waals surface area contributed by atoms with Crippen LogP contribution in [0.25, 0.3) is 66.0 Å². The molecule has 0 bridgehead atoms. The number of hydrogen-bond donors (Lipinski definition) is 0. The summed E-state index contributed by atoms with van der Waals surface area (Å²) in [6.07, 6.45) is 0. The van der Waals surface area contributed by atoms with E-state index in [9.17, 15) is 0 Å². The minimum atomic E-state index is -0.621. The maximum Gasteiger partial charge on any atom is 0.227 e. The average molecular weight is 795 g/mol. The molecule has 0 aliphatic rings. The molecule has 4 heteroatoms. The van der Waals surface area contributed by atoms with Crippen LogP contribution in [0.4, 0.5) is 17.1 Å². The molecule has 0 aliphatic heterocycles. The number of furan rings is 1. The number of oxazole rings is 1. The van der Waals surface area contributed by atoms with Crippen molar-refractivity contribution in [1.29, 1.82) is 0 Å². The molecular weight excluding hydrogens is 757 g/mol. The molecule has 62 heavy (non-hydrogen) atoms. The van der Waals surface area contributed by atoms with Crippen LogP contribution < -0.4 is 4.90 Å². The zero-order valence-corrected chi connectivity index (χ0v) is 33.7. The van der Waals surface area contributed by atoms with Crippen molar-refractivity contribution in [2.75, 3.05) is 4.90 Å². The molecule has 0 saturated heterocycles. The Morgan fingerprint density at radius 3 is 1.61 bits per heavy atom. The Hall–Kier alpha value is -8.21. The van der Waals surface area contributed by atoms with Crippen LogP contribution in [-0.2, 0) is 5.41 Å². The molecule has 10 aromatic carbocycles. The van der Waals surface area contributed by atoms with Crippen molar-refractivity contribution in [3.8, 4) is 11.5 Å². The van der Waals surface area contributed by atoms with Gasteiger partial charge >= 0.3 is 0 Å². The van der Waals surface area contributed by atoms with Crippen LogP contribution in [-0.4, -0.2) is 4.98 Å². The van der Waals surface area contributed by atoms with Crippen molar-refractivity contribution in [2.45, 2.75) is 5.41 Å². The van der Waals surface area contributed by atoms with Crippen LogP contribution >= 0.6 is 0 Å². The molecule has 12 aromatic rings. The number of rotatable bonds is 8. The second-order valence-electron chi connectivity index (χ2n) is 15.9. The molecule has 2 aromatic heterocycles. The van der Waals surface area contributed by atoms with Gasteiger partial charge in [0.15, 0.2) is 5.58 Å². The molecule has 0 aliphatic carbocycles. The van der Waals surface area contributed by atoms with Crippen molar-refractivity contribution >= 4 is 71.6 Å². The van der Waals surface area contributed by atoms with Gasteiger partial charge in [-0.15, -0.1) is 0 Å². The fraction of sp³-hybridized carbons (Fsp3) is 0.0172. The number of aromatic nitrogens is 1. The molecule has 0 saturated carbocycles. The zero-order chi connectivity index (χ0) is 41.0. The SMILES string of the molecule is c1ccc(-c2nc3ccc4ccc5ccc(N(c6cccc(C(c7ccccc7)(c7ccccc7)c7ccccc7)c6)c6ccc7oc8ccccc8c7c6)cc5c4c3o2)cc1. The van der Waals surface area contributed by atoms with Gasteiger partial charge in [-0.3, -0.25) is 0 Å². The molecular formula is C58H38N2O2. The van der Waals surface area contributed by atoms with Crippen LogP contribution in [0.3, 0.4) is 0 Å². The molecule has 12 rings (SSSR count). The lowest BCUT2D eigenvalue weighted by atomic mass is 9.65. The van der Waals surface area contributed by atoms with Crippen molar-refractivity contribution < 1.29 is 8.83 Å². The van der Waals surface area contributed by atoms with E-state index in [1.807, 2.05) is 42.5 Å². The minimum absolute atomic E-state index is 0.610. The van der Waals surface area contributed by atoms with Crippen LogP contribution in [0.2, 0.25) is 0 Å². The summed E-state index contributed by atoms with van der Waals surface area (Å²) in [5, 5.41) is 6.49. The summed E-state index contributed by atoms with van der Waals surface area (Å²) in [7, 11) is 0. The first-order valence-corrected chi connectivity index (χ1v) is 21.0. The molecule has 0 amide bonds. The van der Waals surface area contributed by atoms with E-state index >= 15 is 0 Å². The monoisotopic (exact) mass is 794 g/mol. The van der Waals surface area contributed by atoms with Gasteiger partial charge in [-0.1, -0.05) is 164 Å². The van der Waals surface area contributed by atoms with Crippen LogP contribution in [0, 0.1) is 0 Å². The number of benzene rings is 10. The van der Waals surface area contributed by atoms with Gasteiger partial charge in [0.05, 0.1) is 5.41 Å². The van der Waals surface area contributed by atoms with Gasteiger partial charge in [0.25, 0.3) is 0 Å². The van der Waals surface area contributed by atoms with E-state index in [1.54, 1.807) is 0 Å². The zero-order valence-electron chi connectivity index (χ0n) is 33.7. The molecule has 4 nitrogen and oxygen atoms in total. The highest BCUT2D eigenvalue weighted by molar-refractivity contribution is 6.19. The molecule has 0 atom stereocenters. The summed E-state index contributed by atoms with van der Waals surface area (Å²) in [5.74, 6) is 0.610. The Labute approximate surface area is 358 Å². The lowest BCUT2D eigenvalue weighted by Crippen LogP contribution is -2.31. The van der Waals surface area contributed by atoms with E-state index in [-0.39, 0.29) is 0 Å². The van der Waals surface area contributed by atoms with E-state index in [0.717, 1.165) is 82.8 Å². The number of anilines is 3. The smallest absolute Gasteiger partial charge is 0.227 e. The van der Waals surface area contributed by atoms with Crippen molar-refractivity contribution in [2.24, 2.45) is 0 Å². The van der Waals surface area contributed by atoms with Crippen LogP contribution in [0.1, 0.15) is 22.3 Å². The fourth-order valence-corrected chi connectivity index (χ4v) is 9.60. The third-order valence-electron chi connectivity index (χ3n) is 12.4. The van der Waals surface area contributed by atoms with Crippen molar-refractivity contribution in [3.63, 3.8) is 0 Å². The number of nitrogens with zero attached hydrogens (tertiary/aromatic N) is 2. The van der Waals surface area contributed by atoms with E-state index in [2.05, 4.69) is 193 Å². The van der Waals surface area contributed by atoms with Crippen molar-refractivity contribution in [1.82, 2.24) is 4.98 Å². The predicted molar refractivity (Wildman–Crippen MR) is 255 cm³/mol. The standard InChI is InChI=1S/C58H38N2O2/c1-5-16-41(17-6-1)57-59-52-34-31-40-29-28-39-30-32-47(37-50(39)55(40)56(52)62-57)60(48-33-35-54-51(38-48)49-26-13-14-27-53(49)61-54)46-25-15-24-45(36-46)58(42-18-7-2-8-19-42,43-20-9-3-10-21-43)44-22-11-4-12-23-44/h1-38H. The summed E-state index contributed by atoms with van der Waals surface area (Å²) in [5.41, 5.74) is 11.4. The van der Waals surface area contributed by atoms with Gasteiger partial charge in [-0.2, -0.15) is 0 Å². The summed E-state index contributed by atoms with van der Waals surface area (Å²) >= 11 is 0. The Balaban J connectivity index is 1.13. The van der Waals surface area contributed by atoms with Gasteiger partial charge in [-0.25, -0.2) is 4.98 Å². The molecule has 0 spiro atoms. The predicted octanol–water partition coefficient (Wildman–Crippen LogP) is 15.6. The quantitative estimate of drug-likeness (QED) is 0.113. The first kappa shape index (κ1) is 35.7. The Bertz CT molecular complexity index is 3480. The Morgan fingerprint density at radius 1 is 0.371 bits per heavy atom. The molecule has 0 unspecified atom stereocenters. The van der Waals surface area contributed by atoms with Crippen LogP contribution in [0.5, 0.6) is 0 Å². The summed E-state index contributed by atoms with van der Waals surface area (Å²) in [4.78, 5) is 7.34. The molecule has 292 valence electrons. The average Bonchev–Trinajstić information content (AvgIpc) is 3.95. The lowest BCUT2D eigenvalue weighted by molar-refractivity contribution is 0.623. The third-order valence-corrected chi connectivity index (χ3v) is 12.4. The summed E-state index contributed by atoms with van der Waals surface area (Å²) in [6.45, 7) is 0. The number of para-hydroxylation sites is 1. The van der Waals surface area contributed by atoms with E-state index in [0.29, 0.717) is 5.89 Å². The van der Waals surface area contributed by atoms with E-state index in [1.165, 1.54) is 16.7 Å². The maximum absolute atomic E-state index is 6.67. The van der Waals surface area contributed by atoms with Gasteiger partial charge in [0, 0.05) is 38.8 Å². The summed E-state index contributed by atoms with van der Waals surface area (Å²) < 4.78 is 13.0. The normalized spacial score (nSPS) is 11.9.